The fourth-order valence-electron chi connectivity index (χ4n) is 2.23. The van der Waals surface area contributed by atoms with Crippen LogP contribution < -0.4 is 11.1 Å². The molecule has 0 radical (unpaired) electrons. The standard InChI is InChI=1S/C15H21N5O/c1-4-12-6-10(7-14(16)18-12)15(21)17-8-11-9-20(3)19-13(11)5-2/h6-7,9H,4-5,8H2,1-3H3,(H2,16,18)(H,17,21). The number of hydrogen-bond donors (Lipinski definition) is 2. The predicted octanol–water partition coefficient (Wildman–Crippen LogP) is 1.45. The molecule has 0 unspecified atom stereocenters. The number of amides is 1. The number of hydrogen-bond acceptors (Lipinski definition) is 4. The van der Waals surface area contributed by atoms with Gasteiger partial charge in [0.1, 0.15) is 5.82 Å². The molecule has 0 fully saturated rings. The quantitative estimate of drug-likeness (QED) is 0.871. The Kier molecular flexibility index (Phi) is 4.57. The van der Waals surface area contributed by atoms with Crippen molar-refractivity contribution in [2.24, 2.45) is 7.05 Å². The number of nitrogens with zero attached hydrogens (tertiary/aromatic N) is 3. The number of carbonyl (C=O) groups excluding carboxylic acids is 1. The Morgan fingerprint density at radius 1 is 1.33 bits per heavy atom. The summed E-state index contributed by atoms with van der Waals surface area (Å²) in [6.45, 7) is 4.48. The molecular weight excluding hydrogens is 266 g/mol. The van der Waals surface area contributed by atoms with Crippen LogP contribution >= 0.6 is 0 Å². The van der Waals surface area contributed by atoms with E-state index in [1.165, 1.54) is 0 Å². The summed E-state index contributed by atoms with van der Waals surface area (Å²) < 4.78 is 1.76. The molecule has 21 heavy (non-hydrogen) atoms. The van der Waals surface area contributed by atoms with Crippen LogP contribution in [0, 0.1) is 0 Å². The first kappa shape index (κ1) is 15.0. The predicted molar refractivity (Wildman–Crippen MR) is 81.8 cm³/mol. The molecular formula is C15H21N5O. The van der Waals surface area contributed by atoms with Gasteiger partial charge >= 0.3 is 0 Å². The summed E-state index contributed by atoms with van der Waals surface area (Å²) >= 11 is 0. The van der Waals surface area contributed by atoms with E-state index in [-0.39, 0.29) is 5.91 Å². The molecule has 2 rings (SSSR count). The number of nitrogens with one attached hydrogen (secondary N) is 1. The van der Waals surface area contributed by atoms with Crippen LogP contribution in [-0.2, 0) is 26.4 Å². The van der Waals surface area contributed by atoms with Crippen LogP contribution in [0.1, 0.15) is 41.2 Å². The number of nitrogen functional groups attached to an aromatic ring is 1. The third kappa shape index (κ3) is 3.59. The summed E-state index contributed by atoms with van der Waals surface area (Å²) in [5, 5.41) is 7.26. The molecule has 0 atom stereocenters. The Morgan fingerprint density at radius 3 is 2.76 bits per heavy atom. The summed E-state index contributed by atoms with van der Waals surface area (Å²) in [6, 6.07) is 3.37. The summed E-state index contributed by atoms with van der Waals surface area (Å²) in [6.07, 6.45) is 3.51. The maximum Gasteiger partial charge on any atom is 0.251 e. The minimum absolute atomic E-state index is 0.148. The Bertz CT molecular complexity index is 648. The van der Waals surface area contributed by atoms with Gasteiger partial charge in [-0.2, -0.15) is 5.10 Å². The van der Waals surface area contributed by atoms with E-state index in [2.05, 4.69) is 15.4 Å². The zero-order valence-electron chi connectivity index (χ0n) is 12.7. The molecule has 3 N–H and O–H groups in total. The highest BCUT2D eigenvalue weighted by atomic mass is 16.1. The molecule has 2 aromatic heterocycles. The lowest BCUT2D eigenvalue weighted by Gasteiger charge is -2.07. The van der Waals surface area contributed by atoms with Gasteiger partial charge in [0.2, 0.25) is 0 Å². The first-order chi connectivity index (χ1) is 10.0. The van der Waals surface area contributed by atoms with Crippen LogP contribution in [0.4, 0.5) is 5.82 Å². The largest absolute Gasteiger partial charge is 0.384 e. The fourth-order valence-corrected chi connectivity index (χ4v) is 2.23. The molecule has 0 aromatic carbocycles. The lowest BCUT2D eigenvalue weighted by Crippen LogP contribution is -2.23. The smallest absolute Gasteiger partial charge is 0.251 e. The number of aryl methyl sites for hydroxylation is 3. The van der Waals surface area contributed by atoms with Crippen LogP contribution in [0.2, 0.25) is 0 Å². The van der Waals surface area contributed by atoms with Crippen molar-refractivity contribution >= 4 is 11.7 Å². The molecule has 112 valence electrons. The van der Waals surface area contributed by atoms with Crippen LogP contribution in [0.3, 0.4) is 0 Å². The van der Waals surface area contributed by atoms with E-state index in [4.69, 9.17) is 5.73 Å². The van der Waals surface area contributed by atoms with Crippen molar-refractivity contribution in [2.45, 2.75) is 33.2 Å². The van der Waals surface area contributed by atoms with Crippen LogP contribution in [-0.4, -0.2) is 20.7 Å². The minimum atomic E-state index is -0.148. The van der Waals surface area contributed by atoms with E-state index in [0.29, 0.717) is 17.9 Å². The Labute approximate surface area is 124 Å². The van der Waals surface area contributed by atoms with E-state index in [1.807, 2.05) is 27.1 Å². The molecule has 1 amide bonds. The average Bonchev–Trinajstić information content (AvgIpc) is 2.84. The maximum atomic E-state index is 12.2. The number of carbonyl (C=O) groups is 1. The van der Waals surface area contributed by atoms with Gasteiger partial charge in [0.05, 0.1) is 5.69 Å². The third-order valence-electron chi connectivity index (χ3n) is 3.29. The molecule has 2 aromatic rings. The number of aromatic nitrogens is 3. The van der Waals surface area contributed by atoms with Crippen molar-refractivity contribution in [1.82, 2.24) is 20.1 Å². The molecule has 0 bridgehead atoms. The third-order valence-corrected chi connectivity index (χ3v) is 3.29. The average molecular weight is 287 g/mol. The lowest BCUT2D eigenvalue weighted by atomic mass is 10.1. The Morgan fingerprint density at radius 2 is 2.10 bits per heavy atom. The summed E-state index contributed by atoms with van der Waals surface area (Å²) in [5.41, 5.74) is 9.12. The number of rotatable bonds is 5. The summed E-state index contributed by atoms with van der Waals surface area (Å²) in [4.78, 5) is 16.4. The summed E-state index contributed by atoms with van der Waals surface area (Å²) in [5.74, 6) is 0.222. The van der Waals surface area contributed by atoms with Gasteiger partial charge in [-0.05, 0) is 25.0 Å². The Balaban J connectivity index is 2.09. The highest BCUT2D eigenvalue weighted by Gasteiger charge is 2.11. The zero-order chi connectivity index (χ0) is 15.4. The van der Waals surface area contributed by atoms with Crippen LogP contribution in [0.25, 0.3) is 0 Å². The van der Waals surface area contributed by atoms with Crippen molar-refractivity contribution in [3.05, 3.63) is 40.8 Å². The monoisotopic (exact) mass is 287 g/mol. The van der Waals surface area contributed by atoms with Gasteiger partial charge in [-0.3, -0.25) is 9.48 Å². The van der Waals surface area contributed by atoms with Crippen LogP contribution in [0.5, 0.6) is 0 Å². The molecule has 0 spiro atoms. The van der Waals surface area contributed by atoms with E-state index in [0.717, 1.165) is 29.8 Å². The van der Waals surface area contributed by atoms with Crippen molar-refractivity contribution in [3.8, 4) is 0 Å². The lowest BCUT2D eigenvalue weighted by molar-refractivity contribution is 0.0950. The minimum Gasteiger partial charge on any atom is -0.384 e. The van der Waals surface area contributed by atoms with E-state index in [1.54, 1.807) is 16.8 Å². The molecule has 6 heteroatoms. The van der Waals surface area contributed by atoms with E-state index >= 15 is 0 Å². The molecule has 0 saturated heterocycles. The van der Waals surface area contributed by atoms with Gasteiger partial charge in [0.25, 0.3) is 5.91 Å². The van der Waals surface area contributed by atoms with E-state index in [9.17, 15) is 4.79 Å². The number of nitrogens with two attached hydrogens (primary N) is 1. The van der Waals surface area contributed by atoms with Gasteiger partial charge in [-0.25, -0.2) is 4.98 Å². The second-order valence-corrected chi connectivity index (χ2v) is 4.94. The normalized spacial score (nSPS) is 10.6. The maximum absolute atomic E-state index is 12.2. The van der Waals surface area contributed by atoms with Gasteiger partial charge in [-0.15, -0.1) is 0 Å². The van der Waals surface area contributed by atoms with Crippen molar-refractivity contribution in [3.63, 3.8) is 0 Å². The molecule has 2 heterocycles. The fraction of sp³-hybridized carbons (Fsp3) is 0.400. The highest BCUT2D eigenvalue weighted by molar-refractivity contribution is 5.94. The van der Waals surface area contributed by atoms with Crippen molar-refractivity contribution < 1.29 is 4.79 Å². The molecule has 0 aliphatic heterocycles. The van der Waals surface area contributed by atoms with Gasteiger partial charge < -0.3 is 11.1 Å². The second-order valence-electron chi connectivity index (χ2n) is 4.94. The number of pyridine rings is 1. The van der Waals surface area contributed by atoms with Gasteiger partial charge in [0, 0.05) is 36.6 Å². The topological polar surface area (TPSA) is 85.8 Å². The first-order valence-electron chi connectivity index (χ1n) is 7.09. The molecule has 0 saturated carbocycles. The summed E-state index contributed by atoms with van der Waals surface area (Å²) in [7, 11) is 1.88. The van der Waals surface area contributed by atoms with Crippen molar-refractivity contribution in [1.29, 1.82) is 0 Å². The SMILES string of the molecule is CCc1cc(C(=O)NCc2cn(C)nc2CC)cc(N)n1. The van der Waals surface area contributed by atoms with Crippen molar-refractivity contribution in [2.75, 3.05) is 5.73 Å². The van der Waals surface area contributed by atoms with Crippen LogP contribution in [0.15, 0.2) is 18.3 Å². The second kappa shape index (κ2) is 6.39. The number of anilines is 1. The van der Waals surface area contributed by atoms with E-state index < -0.39 is 0 Å². The van der Waals surface area contributed by atoms with Gasteiger partial charge in [-0.1, -0.05) is 13.8 Å². The first-order valence-corrected chi connectivity index (χ1v) is 7.09. The molecule has 0 aliphatic carbocycles. The molecule has 6 nitrogen and oxygen atoms in total. The van der Waals surface area contributed by atoms with Gasteiger partial charge in [0.15, 0.2) is 0 Å². The molecule has 0 aliphatic rings. The Hall–Kier alpha value is -2.37. The highest BCUT2D eigenvalue weighted by Crippen LogP contribution is 2.10. The zero-order valence-corrected chi connectivity index (χ0v) is 12.7.